The molecule has 0 spiro atoms. The van der Waals surface area contributed by atoms with Gasteiger partial charge in [0.05, 0.1) is 24.4 Å². The van der Waals surface area contributed by atoms with Gasteiger partial charge in [0.2, 0.25) is 11.8 Å². The second-order valence-corrected chi connectivity index (χ2v) is 13.4. The number of rotatable bonds is 16. The molecule has 4 aromatic carbocycles. The van der Waals surface area contributed by atoms with Gasteiger partial charge in [-0.05, 0) is 64.9 Å². The van der Waals surface area contributed by atoms with E-state index in [2.05, 4.69) is 16.7 Å². The molecule has 1 aliphatic rings. The van der Waals surface area contributed by atoms with Gasteiger partial charge in [0.25, 0.3) is 0 Å². The van der Waals surface area contributed by atoms with Crippen molar-refractivity contribution in [2.45, 2.75) is 75.6 Å². The van der Waals surface area contributed by atoms with E-state index in [0.29, 0.717) is 31.7 Å². The van der Waals surface area contributed by atoms with E-state index in [-0.39, 0.29) is 36.2 Å². The molecule has 2 amide bonds. The summed E-state index contributed by atoms with van der Waals surface area (Å²) in [4.78, 5) is 35.8. The molecule has 0 aromatic heterocycles. The van der Waals surface area contributed by atoms with Gasteiger partial charge in [-0.25, -0.2) is 4.79 Å². The van der Waals surface area contributed by atoms with E-state index >= 15 is 0 Å². The summed E-state index contributed by atoms with van der Waals surface area (Å²) in [5.41, 5.74) is 6.04. The number of amides is 2. The fourth-order valence-corrected chi connectivity index (χ4v) is 6.74. The number of aliphatic hydroxyl groups excluding tert-OH is 1. The normalized spacial score (nSPS) is 17.2. The lowest BCUT2D eigenvalue weighted by Gasteiger charge is -2.36. The number of hydrogen-bond acceptors (Lipinski definition) is 7. The summed E-state index contributed by atoms with van der Waals surface area (Å²) in [6, 6.07) is 30.8. The second kappa shape index (κ2) is 18.5. The van der Waals surface area contributed by atoms with Crippen LogP contribution in [0.3, 0.4) is 0 Å². The van der Waals surface area contributed by atoms with E-state index < -0.39 is 12.3 Å². The summed E-state index contributed by atoms with van der Waals surface area (Å²) >= 11 is 1.61. The molecule has 9 nitrogen and oxygen atoms in total. The van der Waals surface area contributed by atoms with Crippen LogP contribution in [-0.4, -0.2) is 46.4 Å². The van der Waals surface area contributed by atoms with E-state index in [9.17, 15) is 24.6 Å². The monoisotopic (exact) mass is 696 g/mol. The first-order valence-electron chi connectivity index (χ1n) is 16.9. The SMILES string of the molecule is CC(=O)NCCCCCC(=O)NCc1ccccc1-c1ccc(C2OC(CSc3ccc(C(=O)O)cc3)CC(c3ccc(CO)cc3)O2)cc1. The average molecular weight is 697 g/mol. The first-order chi connectivity index (χ1) is 24.3. The number of ether oxygens (including phenoxy) is 2. The summed E-state index contributed by atoms with van der Waals surface area (Å²) in [6.07, 6.45) is 2.63. The molecule has 1 saturated heterocycles. The summed E-state index contributed by atoms with van der Waals surface area (Å²) in [7, 11) is 0. The van der Waals surface area contributed by atoms with Crippen LogP contribution in [0.1, 0.15) is 84.0 Å². The third-order valence-electron chi connectivity index (χ3n) is 8.59. The van der Waals surface area contributed by atoms with Crippen molar-refractivity contribution in [2.75, 3.05) is 12.3 Å². The van der Waals surface area contributed by atoms with Gasteiger partial charge in [-0.3, -0.25) is 9.59 Å². The average Bonchev–Trinajstić information content (AvgIpc) is 3.14. The maximum Gasteiger partial charge on any atom is 0.335 e. The number of aromatic carboxylic acids is 1. The standard InChI is InChI=1S/C40H44N2O7S/c1-27(44)41-22-6-2-3-9-38(45)42-24-33-7-4-5-8-36(33)29-14-16-32(17-15-29)40-48-34(26-50-35-20-18-31(19-21-35)39(46)47)23-37(49-40)30-12-10-28(25-43)11-13-30/h4-5,7-8,10-21,34,37,40,43H,2-3,6,9,22-26H2,1H3,(H,41,44)(H,42,45)(H,46,47). The first kappa shape index (κ1) is 36.8. The zero-order valence-electron chi connectivity index (χ0n) is 28.2. The highest BCUT2D eigenvalue weighted by molar-refractivity contribution is 7.99. The van der Waals surface area contributed by atoms with Crippen molar-refractivity contribution in [3.05, 3.63) is 125 Å². The Morgan fingerprint density at radius 2 is 1.54 bits per heavy atom. The molecule has 1 heterocycles. The number of thioether (sulfide) groups is 1. The number of nitrogens with one attached hydrogen (secondary N) is 2. The summed E-state index contributed by atoms with van der Waals surface area (Å²) in [5, 5.41) is 24.6. The van der Waals surface area contributed by atoms with E-state index in [1.54, 1.807) is 23.9 Å². The number of hydrogen-bond donors (Lipinski definition) is 4. The van der Waals surface area contributed by atoms with Gasteiger partial charge in [0, 0.05) is 49.1 Å². The zero-order chi connectivity index (χ0) is 35.3. The van der Waals surface area contributed by atoms with Crippen LogP contribution in [0.2, 0.25) is 0 Å². The zero-order valence-corrected chi connectivity index (χ0v) is 29.0. The van der Waals surface area contributed by atoms with Crippen molar-refractivity contribution >= 4 is 29.5 Å². The maximum absolute atomic E-state index is 12.5. The summed E-state index contributed by atoms with van der Waals surface area (Å²) in [5.74, 6) is -0.323. The Bertz CT molecular complexity index is 1710. The third-order valence-corrected chi connectivity index (χ3v) is 9.74. The predicted octanol–water partition coefficient (Wildman–Crippen LogP) is 7.19. The highest BCUT2D eigenvalue weighted by Gasteiger charge is 2.32. The van der Waals surface area contributed by atoms with E-state index in [4.69, 9.17) is 9.47 Å². The highest BCUT2D eigenvalue weighted by atomic mass is 32.2. The molecule has 262 valence electrons. The van der Waals surface area contributed by atoms with Gasteiger partial charge < -0.3 is 30.3 Å². The van der Waals surface area contributed by atoms with E-state index in [1.165, 1.54) is 6.92 Å². The molecule has 1 fully saturated rings. The summed E-state index contributed by atoms with van der Waals surface area (Å²) in [6.45, 7) is 2.53. The van der Waals surface area contributed by atoms with Crippen LogP contribution in [0.15, 0.2) is 102 Å². The minimum atomic E-state index is -0.951. The Labute approximate surface area is 297 Å². The lowest BCUT2D eigenvalue weighted by atomic mass is 9.97. The number of unbranched alkanes of at least 4 members (excludes halogenated alkanes) is 2. The van der Waals surface area contributed by atoms with Gasteiger partial charge in [-0.1, -0.05) is 79.2 Å². The van der Waals surface area contributed by atoms with Crippen molar-refractivity contribution in [3.63, 3.8) is 0 Å². The minimum Gasteiger partial charge on any atom is -0.478 e. The van der Waals surface area contributed by atoms with Crippen molar-refractivity contribution in [1.82, 2.24) is 10.6 Å². The minimum absolute atomic E-state index is 0.00632. The van der Waals surface area contributed by atoms with Crippen molar-refractivity contribution in [3.8, 4) is 11.1 Å². The fourth-order valence-electron chi connectivity index (χ4n) is 5.82. The topological polar surface area (TPSA) is 134 Å². The Balaban J connectivity index is 1.24. The molecule has 0 aliphatic carbocycles. The molecule has 5 rings (SSSR count). The molecule has 3 unspecified atom stereocenters. The number of carbonyl (C=O) groups is 3. The molecule has 0 saturated carbocycles. The van der Waals surface area contributed by atoms with Crippen LogP contribution in [0.25, 0.3) is 11.1 Å². The van der Waals surface area contributed by atoms with Gasteiger partial charge in [-0.2, -0.15) is 0 Å². The molecule has 0 bridgehead atoms. The fraction of sp³-hybridized carbons (Fsp3) is 0.325. The van der Waals surface area contributed by atoms with E-state index in [1.807, 2.05) is 78.9 Å². The molecular weight excluding hydrogens is 653 g/mol. The molecule has 50 heavy (non-hydrogen) atoms. The van der Waals surface area contributed by atoms with Crippen LogP contribution in [0.5, 0.6) is 0 Å². The van der Waals surface area contributed by atoms with Crippen LogP contribution in [0, 0.1) is 0 Å². The molecule has 10 heteroatoms. The molecule has 0 radical (unpaired) electrons. The number of carboxylic acids is 1. The van der Waals surface area contributed by atoms with Crippen LogP contribution in [0.4, 0.5) is 0 Å². The van der Waals surface area contributed by atoms with Gasteiger partial charge in [0.1, 0.15) is 0 Å². The lowest BCUT2D eigenvalue weighted by molar-refractivity contribution is -0.245. The van der Waals surface area contributed by atoms with Crippen LogP contribution >= 0.6 is 11.8 Å². The molecular formula is C40H44N2O7S. The van der Waals surface area contributed by atoms with Crippen molar-refractivity contribution < 1.29 is 34.1 Å². The van der Waals surface area contributed by atoms with Gasteiger partial charge in [0.15, 0.2) is 6.29 Å². The quantitative estimate of drug-likeness (QED) is 0.0715. The smallest absolute Gasteiger partial charge is 0.335 e. The van der Waals surface area contributed by atoms with Gasteiger partial charge in [-0.15, -0.1) is 11.8 Å². The van der Waals surface area contributed by atoms with Crippen molar-refractivity contribution in [1.29, 1.82) is 0 Å². The Morgan fingerprint density at radius 1 is 0.820 bits per heavy atom. The molecule has 1 aliphatic heterocycles. The second-order valence-electron chi connectivity index (χ2n) is 12.3. The largest absolute Gasteiger partial charge is 0.478 e. The molecule has 3 atom stereocenters. The predicted molar refractivity (Wildman–Crippen MR) is 193 cm³/mol. The van der Waals surface area contributed by atoms with E-state index in [0.717, 1.165) is 57.5 Å². The highest BCUT2D eigenvalue weighted by Crippen LogP contribution is 2.40. The number of carboxylic acid groups (broad SMARTS) is 1. The van der Waals surface area contributed by atoms with Crippen molar-refractivity contribution in [2.24, 2.45) is 0 Å². The van der Waals surface area contributed by atoms with Gasteiger partial charge >= 0.3 is 5.97 Å². The first-order valence-corrected chi connectivity index (χ1v) is 17.9. The van der Waals surface area contributed by atoms with Crippen LogP contribution in [-0.2, 0) is 32.2 Å². The Hall–Kier alpha value is -4.48. The number of carbonyl (C=O) groups excluding carboxylic acids is 2. The molecule has 4 N–H and O–H groups in total. The lowest BCUT2D eigenvalue weighted by Crippen LogP contribution is -2.31. The Morgan fingerprint density at radius 3 is 2.24 bits per heavy atom. The molecule has 4 aromatic rings. The third kappa shape index (κ3) is 10.8. The van der Waals surface area contributed by atoms with Crippen LogP contribution < -0.4 is 10.6 Å². The number of benzene rings is 4. The maximum atomic E-state index is 12.5. The Kier molecular flexibility index (Phi) is 13.6. The number of aliphatic hydroxyl groups is 1. The summed E-state index contributed by atoms with van der Waals surface area (Å²) < 4.78 is 13.0.